The molecule has 1 saturated heterocycles. The van der Waals surface area contributed by atoms with E-state index in [1.54, 1.807) is 31.5 Å². The van der Waals surface area contributed by atoms with Crippen molar-refractivity contribution in [1.29, 1.82) is 0 Å². The Morgan fingerprint density at radius 2 is 2.03 bits per heavy atom. The highest BCUT2D eigenvalue weighted by atomic mass is 32.2. The van der Waals surface area contributed by atoms with Crippen molar-refractivity contribution in [2.75, 3.05) is 13.2 Å². The van der Waals surface area contributed by atoms with Gasteiger partial charge in [-0.25, -0.2) is 9.59 Å². The first-order valence-corrected chi connectivity index (χ1v) is 11.2. The van der Waals surface area contributed by atoms with Crippen LogP contribution < -0.4 is 0 Å². The van der Waals surface area contributed by atoms with Crippen LogP contribution in [-0.4, -0.2) is 63.8 Å². The molecule has 166 valence electrons. The van der Waals surface area contributed by atoms with E-state index in [0.29, 0.717) is 10.5 Å². The van der Waals surface area contributed by atoms with E-state index in [-0.39, 0.29) is 36.3 Å². The van der Waals surface area contributed by atoms with E-state index >= 15 is 0 Å². The van der Waals surface area contributed by atoms with Gasteiger partial charge in [0.05, 0.1) is 12.0 Å². The molecule has 1 aliphatic carbocycles. The Labute approximate surface area is 183 Å². The highest BCUT2D eigenvalue weighted by Crippen LogP contribution is 2.53. The van der Waals surface area contributed by atoms with Crippen molar-refractivity contribution in [2.24, 2.45) is 5.92 Å². The first kappa shape index (κ1) is 21.6. The molecular formula is C21H24N2O7S. The number of hydrogen-bond acceptors (Lipinski definition) is 9. The maximum Gasteiger partial charge on any atom is 0.508 e. The molecular weight excluding hydrogens is 424 g/mol. The van der Waals surface area contributed by atoms with Gasteiger partial charge in [-0.1, -0.05) is 17.8 Å². The number of esters is 1. The maximum absolute atomic E-state index is 12.8. The zero-order valence-corrected chi connectivity index (χ0v) is 17.9. The quantitative estimate of drug-likeness (QED) is 0.381. The Hall–Kier alpha value is -2.59. The number of carbonyl (C=O) groups excluding carboxylic acids is 3. The Morgan fingerprint density at radius 3 is 2.71 bits per heavy atom. The van der Waals surface area contributed by atoms with Gasteiger partial charge in [0, 0.05) is 22.9 Å². The number of carbonyl (C=O) groups is 3. The molecule has 1 saturated carbocycles. The molecule has 31 heavy (non-hydrogen) atoms. The van der Waals surface area contributed by atoms with Crippen LogP contribution in [0.15, 0.2) is 30.2 Å². The van der Waals surface area contributed by atoms with E-state index in [1.807, 2.05) is 0 Å². The zero-order chi connectivity index (χ0) is 22.0. The number of aliphatic hydroxyl groups is 1. The molecule has 1 amide bonds. The van der Waals surface area contributed by atoms with Gasteiger partial charge in [0.25, 0.3) is 0 Å². The molecule has 9 nitrogen and oxygen atoms in total. The van der Waals surface area contributed by atoms with Gasteiger partial charge in [0.2, 0.25) is 5.91 Å². The average Bonchev–Trinajstić information content (AvgIpc) is 3.37. The first-order chi connectivity index (χ1) is 15.0. The van der Waals surface area contributed by atoms with Gasteiger partial charge in [-0.05, 0) is 38.7 Å². The van der Waals surface area contributed by atoms with Crippen molar-refractivity contribution in [3.63, 3.8) is 0 Å². The van der Waals surface area contributed by atoms with Crippen LogP contribution in [0.5, 0.6) is 0 Å². The second-order valence-electron chi connectivity index (χ2n) is 7.66. The summed E-state index contributed by atoms with van der Waals surface area (Å²) in [7, 11) is 0. The highest BCUT2D eigenvalue weighted by molar-refractivity contribution is 8.09. The summed E-state index contributed by atoms with van der Waals surface area (Å²) in [5.41, 5.74) is 0.806. The number of amides is 1. The molecule has 3 heterocycles. The first-order valence-electron chi connectivity index (χ1n) is 10.3. The fourth-order valence-corrected chi connectivity index (χ4v) is 5.57. The third kappa shape index (κ3) is 4.40. The van der Waals surface area contributed by atoms with E-state index in [2.05, 4.69) is 4.98 Å². The topological polar surface area (TPSA) is 115 Å². The third-order valence-electron chi connectivity index (χ3n) is 5.52. The fraction of sp³-hybridized carbons (Fsp3) is 0.524. The number of hydrogen-bond donors (Lipinski definition) is 1. The molecule has 1 N–H and O–H groups in total. The number of thioether (sulfide) groups is 1. The van der Waals surface area contributed by atoms with Crippen molar-refractivity contribution >= 4 is 34.7 Å². The molecule has 1 aromatic rings. The molecule has 1 aromatic heterocycles. The smallest absolute Gasteiger partial charge is 0.457 e. The minimum absolute atomic E-state index is 0.103. The Morgan fingerprint density at radius 1 is 1.29 bits per heavy atom. The summed E-state index contributed by atoms with van der Waals surface area (Å²) < 4.78 is 15.4. The maximum atomic E-state index is 12.8. The molecule has 10 heteroatoms. The monoisotopic (exact) mass is 448 g/mol. The van der Waals surface area contributed by atoms with Crippen LogP contribution in [0.1, 0.15) is 38.2 Å². The van der Waals surface area contributed by atoms with Crippen molar-refractivity contribution < 1.29 is 33.7 Å². The van der Waals surface area contributed by atoms with Crippen molar-refractivity contribution in [2.45, 2.75) is 50.2 Å². The SMILES string of the molecule is C[C@@H](O)[C@H]1C(=O)N2C(C(=O)OCCOC(=O)OC3CCCC3)=C(c3cccnc3)S[C@H]12. The standard InChI is InChI=1S/C21H24N2O7S/c1-12(24)15-18(25)23-16(17(31-19(15)23)13-5-4-8-22-11-13)20(26)28-9-10-29-21(27)30-14-6-2-3-7-14/h4-5,8,11-12,14-15,19,24H,2-3,6-7,9-10H2,1H3/t12-,15+,19-/m1/s1. The predicted octanol–water partition coefficient (Wildman–Crippen LogP) is 2.30. The lowest BCUT2D eigenvalue weighted by Crippen LogP contribution is -2.60. The van der Waals surface area contributed by atoms with Crippen LogP contribution in [0.4, 0.5) is 4.79 Å². The molecule has 2 aliphatic heterocycles. The summed E-state index contributed by atoms with van der Waals surface area (Å²) in [6, 6.07) is 3.53. The van der Waals surface area contributed by atoms with Gasteiger partial charge in [-0.3, -0.25) is 14.7 Å². The number of β-lactam (4-membered cyclic amide) rings is 1. The molecule has 0 radical (unpaired) electrons. The second-order valence-corrected chi connectivity index (χ2v) is 8.79. The summed E-state index contributed by atoms with van der Waals surface area (Å²) in [4.78, 5) is 43.1. The molecule has 0 bridgehead atoms. The minimum atomic E-state index is -0.828. The summed E-state index contributed by atoms with van der Waals surface area (Å²) in [6.45, 7) is 1.25. The summed E-state index contributed by atoms with van der Waals surface area (Å²) in [6.07, 6.45) is 5.26. The largest absolute Gasteiger partial charge is 0.508 e. The number of ether oxygens (including phenoxy) is 3. The molecule has 0 spiro atoms. The number of fused-ring (bicyclic) bond motifs is 1. The van der Waals surface area contributed by atoms with Crippen LogP contribution in [0.2, 0.25) is 0 Å². The average molecular weight is 448 g/mol. The Kier molecular flexibility index (Phi) is 6.47. The molecule has 3 atom stereocenters. The van der Waals surface area contributed by atoms with E-state index in [4.69, 9.17) is 14.2 Å². The Balaban J connectivity index is 1.38. The van der Waals surface area contributed by atoms with Crippen LogP contribution >= 0.6 is 11.8 Å². The predicted molar refractivity (Wildman–Crippen MR) is 110 cm³/mol. The lowest BCUT2D eigenvalue weighted by molar-refractivity contribution is -0.158. The second kappa shape index (κ2) is 9.27. The zero-order valence-electron chi connectivity index (χ0n) is 17.1. The van der Waals surface area contributed by atoms with Crippen LogP contribution in [0, 0.1) is 5.92 Å². The van der Waals surface area contributed by atoms with Crippen molar-refractivity contribution in [1.82, 2.24) is 9.88 Å². The molecule has 2 fully saturated rings. The van der Waals surface area contributed by atoms with E-state index in [0.717, 1.165) is 25.7 Å². The van der Waals surface area contributed by atoms with Gasteiger partial charge in [-0.15, -0.1) is 0 Å². The number of nitrogens with zero attached hydrogens (tertiary/aromatic N) is 2. The molecule has 4 rings (SSSR count). The highest BCUT2D eigenvalue weighted by Gasteiger charge is 2.58. The summed E-state index contributed by atoms with van der Waals surface area (Å²) in [5.74, 6) is -1.61. The van der Waals surface area contributed by atoms with E-state index < -0.39 is 24.1 Å². The lowest BCUT2D eigenvalue weighted by atomic mass is 9.92. The number of aliphatic hydroxyl groups excluding tert-OH is 1. The van der Waals surface area contributed by atoms with Gasteiger partial charge >= 0.3 is 12.1 Å². The van der Waals surface area contributed by atoms with Gasteiger partial charge in [0.1, 0.15) is 30.4 Å². The van der Waals surface area contributed by atoms with Crippen molar-refractivity contribution in [3.05, 3.63) is 35.8 Å². The molecule has 0 aromatic carbocycles. The summed E-state index contributed by atoms with van der Waals surface area (Å²) in [5, 5.41) is 9.56. The van der Waals surface area contributed by atoms with Crippen LogP contribution in [0.3, 0.4) is 0 Å². The number of aromatic nitrogens is 1. The Bertz CT molecular complexity index is 883. The number of rotatable bonds is 7. The van der Waals surface area contributed by atoms with Crippen molar-refractivity contribution in [3.8, 4) is 0 Å². The third-order valence-corrected chi connectivity index (χ3v) is 6.93. The normalized spacial score (nSPS) is 23.9. The summed E-state index contributed by atoms with van der Waals surface area (Å²) >= 11 is 1.33. The fourth-order valence-electron chi connectivity index (χ4n) is 3.98. The van der Waals surface area contributed by atoms with Gasteiger partial charge in [0.15, 0.2) is 0 Å². The van der Waals surface area contributed by atoms with E-state index in [9.17, 15) is 19.5 Å². The molecule has 0 unspecified atom stereocenters. The van der Waals surface area contributed by atoms with E-state index in [1.165, 1.54) is 16.7 Å². The van der Waals surface area contributed by atoms with Gasteiger partial charge in [-0.2, -0.15) is 0 Å². The van der Waals surface area contributed by atoms with Gasteiger partial charge < -0.3 is 19.3 Å². The van der Waals surface area contributed by atoms with Crippen LogP contribution in [0.25, 0.3) is 4.91 Å². The minimum Gasteiger partial charge on any atom is -0.457 e. The lowest BCUT2D eigenvalue weighted by Gasteiger charge is -2.43. The number of pyridine rings is 1. The van der Waals surface area contributed by atoms with Crippen LogP contribution in [-0.2, 0) is 23.8 Å². The molecule has 3 aliphatic rings.